The largest absolute Gasteiger partial charge is 0.381 e. The van der Waals surface area contributed by atoms with E-state index in [4.69, 9.17) is 4.74 Å². The molecule has 2 aromatic heterocycles. The van der Waals surface area contributed by atoms with Crippen LogP contribution in [0.25, 0.3) is 0 Å². The molecule has 1 atom stereocenters. The molecular formula is C18H23N5O2. The summed E-state index contributed by atoms with van der Waals surface area (Å²) >= 11 is 0. The Labute approximate surface area is 146 Å². The zero-order chi connectivity index (χ0) is 17.3. The van der Waals surface area contributed by atoms with Crippen molar-refractivity contribution in [3.05, 3.63) is 41.2 Å². The number of aromatic nitrogens is 4. The van der Waals surface area contributed by atoms with Crippen LogP contribution in [0.5, 0.6) is 0 Å². The summed E-state index contributed by atoms with van der Waals surface area (Å²) in [5, 5.41) is 10.6. The minimum atomic E-state index is -0.595. The van der Waals surface area contributed by atoms with Crippen molar-refractivity contribution in [2.24, 2.45) is 5.92 Å². The molecule has 1 aliphatic carbocycles. The first-order chi connectivity index (χ1) is 12.2. The van der Waals surface area contributed by atoms with Crippen LogP contribution in [0.1, 0.15) is 53.8 Å². The maximum atomic E-state index is 13.0. The van der Waals surface area contributed by atoms with Gasteiger partial charge in [-0.05, 0) is 31.2 Å². The molecule has 1 amide bonds. The van der Waals surface area contributed by atoms with Crippen LogP contribution < -0.4 is 5.32 Å². The quantitative estimate of drug-likeness (QED) is 0.887. The van der Waals surface area contributed by atoms with E-state index in [1.165, 1.54) is 0 Å². The summed E-state index contributed by atoms with van der Waals surface area (Å²) in [6, 6.07) is 1.78. The fraction of sp³-hybridized carbons (Fsp3) is 0.556. The molecule has 7 nitrogen and oxygen atoms in total. The van der Waals surface area contributed by atoms with Crippen LogP contribution >= 0.6 is 0 Å². The summed E-state index contributed by atoms with van der Waals surface area (Å²) in [5.74, 6) is 1.07. The minimum Gasteiger partial charge on any atom is -0.381 e. The van der Waals surface area contributed by atoms with Crippen molar-refractivity contribution >= 4 is 5.91 Å². The molecule has 1 fully saturated rings. The fourth-order valence-electron chi connectivity index (χ4n) is 3.80. The summed E-state index contributed by atoms with van der Waals surface area (Å²) < 4.78 is 5.49. The third-order valence-corrected chi connectivity index (χ3v) is 5.30. The summed E-state index contributed by atoms with van der Waals surface area (Å²) in [6.07, 6.45) is 7.73. The SMILES string of the molecule is CC1CCc2[nH]nc(C(=O)NC3(c4ncccn4)CCOCC3)c2C1. The molecule has 132 valence electrons. The van der Waals surface area contributed by atoms with E-state index in [0.717, 1.165) is 30.5 Å². The molecule has 1 unspecified atom stereocenters. The first-order valence-electron chi connectivity index (χ1n) is 8.92. The van der Waals surface area contributed by atoms with Gasteiger partial charge < -0.3 is 10.1 Å². The van der Waals surface area contributed by atoms with E-state index in [-0.39, 0.29) is 5.91 Å². The van der Waals surface area contributed by atoms with E-state index in [9.17, 15) is 4.79 Å². The van der Waals surface area contributed by atoms with Crippen molar-refractivity contribution in [2.45, 2.75) is 44.6 Å². The topological polar surface area (TPSA) is 92.8 Å². The van der Waals surface area contributed by atoms with Crippen molar-refractivity contribution in [2.75, 3.05) is 13.2 Å². The Bertz CT molecular complexity index is 752. The first kappa shape index (κ1) is 16.2. The summed E-state index contributed by atoms with van der Waals surface area (Å²) in [7, 11) is 0. The van der Waals surface area contributed by atoms with Gasteiger partial charge in [-0.15, -0.1) is 0 Å². The average molecular weight is 341 g/mol. The van der Waals surface area contributed by atoms with Gasteiger partial charge in [0, 0.05) is 49.7 Å². The van der Waals surface area contributed by atoms with E-state index in [0.29, 0.717) is 43.5 Å². The van der Waals surface area contributed by atoms with Crippen LogP contribution in [0.3, 0.4) is 0 Å². The number of fused-ring (bicyclic) bond motifs is 1. The molecule has 0 spiro atoms. The number of hydrogen-bond donors (Lipinski definition) is 2. The lowest BCUT2D eigenvalue weighted by atomic mass is 9.86. The highest BCUT2D eigenvalue weighted by Crippen LogP contribution is 2.31. The van der Waals surface area contributed by atoms with Crippen LogP contribution in [0.2, 0.25) is 0 Å². The second-order valence-electron chi connectivity index (χ2n) is 7.10. The molecule has 3 heterocycles. The number of H-pyrrole nitrogens is 1. The second-order valence-corrected chi connectivity index (χ2v) is 7.10. The fourth-order valence-corrected chi connectivity index (χ4v) is 3.80. The van der Waals surface area contributed by atoms with E-state index < -0.39 is 5.54 Å². The molecule has 4 rings (SSSR count). The van der Waals surface area contributed by atoms with Crippen molar-refractivity contribution in [1.29, 1.82) is 0 Å². The number of aryl methyl sites for hydroxylation is 1. The predicted molar refractivity (Wildman–Crippen MR) is 91.0 cm³/mol. The van der Waals surface area contributed by atoms with Gasteiger partial charge >= 0.3 is 0 Å². The third kappa shape index (κ3) is 3.04. The van der Waals surface area contributed by atoms with Gasteiger partial charge in [-0.25, -0.2) is 9.97 Å². The molecule has 0 aromatic carbocycles. The monoisotopic (exact) mass is 341 g/mol. The van der Waals surface area contributed by atoms with E-state index in [2.05, 4.69) is 32.4 Å². The van der Waals surface area contributed by atoms with Gasteiger partial charge in [0.2, 0.25) is 0 Å². The molecule has 0 saturated carbocycles. The lowest BCUT2D eigenvalue weighted by molar-refractivity contribution is 0.0311. The molecule has 25 heavy (non-hydrogen) atoms. The van der Waals surface area contributed by atoms with Gasteiger partial charge in [0.1, 0.15) is 5.54 Å². The number of carbonyl (C=O) groups excluding carboxylic acids is 1. The molecule has 2 aromatic rings. The van der Waals surface area contributed by atoms with E-state index >= 15 is 0 Å². The second kappa shape index (κ2) is 6.55. The van der Waals surface area contributed by atoms with E-state index in [1.54, 1.807) is 18.5 Å². The van der Waals surface area contributed by atoms with Crippen molar-refractivity contribution < 1.29 is 9.53 Å². The third-order valence-electron chi connectivity index (χ3n) is 5.30. The minimum absolute atomic E-state index is 0.152. The maximum absolute atomic E-state index is 13.0. The molecule has 7 heteroatoms. The summed E-state index contributed by atoms with van der Waals surface area (Å²) in [5.41, 5.74) is 2.08. The van der Waals surface area contributed by atoms with Crippen LogP contribution in [0.4, 0.5) is 0 Å². The van der Waals surface area contributed by atoms with Gasteiger partial charge in [0.15, 0.2) is 11.5 Å². The normalized spacial score (nSPS) is 22.2. The highest BCUT2D eigenvalue weighted by Gasteiger charge is 2.40. The highest BCUT2D eigenvalue weighted by atomic mass is 16.5. The summed E-state index contributed by atoms with van der Waals surface area (Å²) in [4.78, 5) is 21.8. The smallest absolute Gasteiger partial charge is 0.272 e. The Morgan fingerprint density at radius 1 is 1.32 bits per heavy atom. The lowest BCUT2D eigenvalue weighted by Crippen LogP contribution is -2.50. The number of hydrogen-bond acceptors (Lipinski definition) is 5. The molecule has 0 bridgehead atoms. The Kier molecular flexibility index (Phi) is 4.25. The van der Waals surface area contributed by atoms with Crippen molar-refractivity contribution in [3.8, 4) is 0 Å². The zero-order valence-electron chi connectivity index (χ0n) is 14.4. The number of nitrogens with zero attached hydrogens (tertiary/aromatic N) is 3. The number of carbonyl (C=O) groups is 1. The van der Waals surface area contributed by atoms with Crippen LogP contribution in [0, 0.1) is 5.92 Å². The van der Waals surface area contributed by atoms with Crippen LogP contribution in [-0.4, -0.2) is 39.3 Å². The highest BCUT2D eigenvalue weighted by molar-refractivity contribution is 5.94. The van der Waals surface area contributed by atoms with Crippen LogP contribution in [0.15, 0.2) is 18.5 Å². The lowest BCUT2D eigenvalue weighted by Gasteiger charge is -2.36. The van der Waals surface area contributed by atoms with Gasteiger partial charge in [-0.3, -0.25) is 9.89 Å². The number of rotatable bonds is 3. The zero-order valence-corrected chi connectivity index (χ0v) is 14.4. The Morgan fingerprint density at radius 2 is 2.08 bits per heavy atom. The number of ether oxygens (including phenoxy) is 1. The van der Waals surface area contributed by atoms with Crippen molar-refractivity contribution in [1.82, 2.24) is 25.5 Å². The number of aromatic amines is 1. The molecule has 0 radical (unpaired) electrons. The predicted octanol–water partition coefficient (Wildman–Crippen LogP) is 1.76. The number of nitrogens with one attached hydrogen (secondary N) is 2. The van der Waals surface area contributed by atoms with Gasteiger partial charge in [-0.1, -0.05) is 6.92 Å². The molecule has 2 aliphatic rings. The summed E-state index contributed by atoms with van der Waals surface area (Å²) in [6.45, 7) is 3.37. The Morgan fingerprint density at radius 3 is 2.84 bits per heavy atom. The standard InChI is InChI=1S/C18H23N5O2/c1-12-3-4-14-13(11-12)15(23-22-14)16(24)21-18(5-9-25-10-6-18)17-19-7-2-8-20-17/h2,7-8,12H,3-6,9-11H2,1H3,(H,21,24)(H,22,23). The molecule has 1 saturated heterocycles. The first-order valence-corrected chi connectivity index (χ1v) is 8.92. The average Bonchev–Trinajstić information content (AvgIpc) is 3.06. The van der Waals surface area contributed by atoms with Gasteiger partial charge in [-0.2, -0.15) is 5.10 Å². The molecule has 1 aliphatic heterocycles. The van der Waals surface area contributed by atoms with Crippen molar-refractivity contribution in [3.63, 3.8) is 0 Å². The van der Waals surface area contributed by atoms with Crippen LogP contribution in [-0.2, 0) is 23.1 Å². The maximum Gasteiger partial charge on any atom is 0.272 e. The Balaban J connectivity index is 1.63. The number of amides is 1. The van der Waals surface area contributed by atoms with Gasteiger partial charge in [0.05, 0.1) is 0 Å². The molecule has 2 N–H and O–H groups in total. The Hall–Kier alpha value is -2.28. The van der Waals surface area contributed by atoms with Gasteiger partial charge in [0.25, 0.3) is 5.91 Å². The molecular weight excluding hydrogens is 318 g/mol. The van der Waals surface area contributed by atoms with E-state index in [1.807, 2.05) is 0 Å².